The van der Waals surface area contributed by atoms with Crippen LogP contribution in [0, 0.1) is 9.49 Å². The highest BCUT2D eigenvalue weighted by Gasteiger charge is 2.40. The number of carbonyl (C=O) groups is 2. The van der Waals surface area contributed by atoms with Crippen LogP contribution in [-0.2, 0) is 14.3 Å². The van der Waals surface area contributed by atoms with Gasteiger partial charge in [-0.15, -0.1) is 0 Å². The van der Waals surface area contributed by atoms with Gasteiger partial charge >= 0.3 is 0 Å². The Morgan fingerprint density at radius 1 is 1.24 bits per heavy atom. The minimum absolute atomic E-state index is 0.0296. The SMILES string of the molecule is COCCN(C(=O)CC1CCCC1)C1CC(C(=O)NCCO)=CC(Oc2ccccc2I)C1O. The van der Waals surface area contributed by atoms with Crippen LogP contribution in [0.25, 0.3) is 0 Å². The van der Waals surface area contributed by atoms with Crippen molar-refractivity contribution in [2.75, 3.05) is 33.4 Å². The zero-order chi connectivity index (χ0) is 24.5. The molecule has 9 heteroatoms. The van der Waals surface area contributed by atoms with Crippen LogP contribution in [0.1, 0.15) is 38.5 Å². The van der Waals surface area contributed by atoms with Gasteiger partial charge in [0.15, 0.2) is 0 Å². The zero-order valence-electron chi connectivity index (χ0n) is 19.6. The molecule has 1 fully saturated rings. The maximum atomic E-state index is 13.4. The molecule has 8 nitrogen and oxygen atoms in total. The van der Waals surface area contributed by atoms with Crippen LogP contribution in [0.2, 0.25) is 0 Å². The fraction of sp³-hybridized carbons (Fsp3) is 0.600. The van der Waals surface area contributed by atoms with Crippen molar-refractivity contribution in [1.29, 1.82) is 0 Å². The number of benzene rings is 1. The first-order valence-electron chi connectivity index (χ1n) is 11.9. The highest BCUT2D eigenvalue weighted by Crippen LogP contribution is 2.32. The molecule has 34 heavy (non-hydrogen) atoms. The van der Waals surface area contributed by atoms with Crippen LogP contribution >= 0.6 is 22.6 Å². The molecule has 2 aliphatic rings. The smallest absolute Gasteiger partial charge is 0.247 e. The van der Waals surface area contributed by atoms with E-state index in [2.05, 4.69) is 27.9 Å². The topological polar surface area (TPSA) is 108 Å². The lowest BCUT2D eigenvalue weighted by molar-refractivity contribution is -0.140. The van der Waals surface area contributed by atoms with Gasteiger partial charge in [0, 0.05) is 38.6 Å². The normalized spacial score (nSPS) is 22.8. The summed E-state index contributed by atoms with van der Waals surface area (Å²) in [6.07, 6.45) is 4.82. The zero-order valence-corrected chi connectivity index (χ0v) is 21.8. The third-order valence-electron chi connectivity index (χ3n) is 6.51. The van der Waals surface area contributed by atoms with E-state index in [1.54, 1.807) is 18.1 Å². The predicted molar refractivity (Wildman–Crippen MR) is 136 cm³/mol. The third-order valence-corrected chi connectivity index (χ3v) is 7.40. The van der Waals surface area contributed by atoms with Crippen molar-refractivity contribution in [3.05, 3.63) is 39.5 Å². The quantitative estimate of drug-likeness (QED) is 0.344. The molecule has 1 aromatic rings. The molecule has 3 N–H and O–H groups in total. The molecular formula is C25H35IN2O6. The Bertz CT molecular complexity index is 858. The van der Waals surface area contributed by atoms with E-state index in [4.69, 9.17) is 14.6 Å². The first kappa shape index (κ1) is 26.9. The van der Waals surface area contributed by atoms with Crippen LogP contribution in [0.15, 0.2) is 35.9 Å². The van der Waals surface area contributed by atoms with E-state index in [0.29, 0.717) is 36.8 Å². The molecule has 3 unspecified atom stereocenters. The molecule has 3 atom stereocenters. The Kier molecular flexibility index (Phi) is 10.6. The van der Waals surface area contributed by atoms with E-state index in [-0.39, 0.29) is 31.4 Å². The van der Waals surface area contributed by atoms with Gasteiger partial charge < -0.3 is 29.9 Å². The number of halogens is 1. The lowest BCUT2D eigenvalue weighted by Gasteiger charge is -2.41. The fourth-order valence-corrected chi connectivity index (χ4v) is 5.22. The van der Waals surface area contributed by atoms with E-state index in [9.17, 15) is 14.7 Å². The number of aliphatic hydroxyl groups is 2. The number of amides is 2. The minimum atomic E-state index is -1.02. The number of ether oxygens (including phenoxy) is 2. The van der Waals surface area contributed by atoms with Crippen LogP contribution in [0.3, 0.4) is 0 Å². The van der Waals surface area contributed by atoms with Crippen molar-refractivity contribution in [1.82, 2.24) is 10.2 Å². The molecule has 0 aliphatic heterocycles. The molecule has 0 saturated heterocycles. The number of nitrogens with one attached hydrogen (secondary N) is 1. The lowest BCUT2D eigenvalue weighted by atomic mass is 9.87. The number of hydrogen-bond acceptors (Lipinski definition) is 6. The number of rotatable bonds is 11. The van der Waals surface area contributed by atoms with E-state index in [1.807, 2.05) is 24.3 Å². The van der Waals surface area contributed by atoms with Gasteiger partial charge in [0.25, 0.3) is 0 Å². The third kappa shape index (κ3) is 7.16. The second-order valence-electron chi connectivity index (χ2n) is 8.88. The molecule has 0 spiro atoms. The Labute approximate surface area is 214 Å². The Balaban J connectivity index is 1.87. The fourth-order valence-electron chi connectivity index (χ4n) is 4.71. The Morgan fingerprint density at radius 3 is 2.65 bits per heavy atom. The van der Waals surface area contributed by atoms with Crippen molar-refractivity contribution in [3.63, 3.8) is 0 Å². The summed E-state index contributed by atoms with van der Waals surface area (Å²) in [5, 5.41) is 23.1. The number of methoxy groups -OCH3 is 1. The second-order valence-corrected chi connectivity index (χ2v) is 10.0. The summed E-state index contributed by atoms with van der Waals surface area (Å²) in [6, 6.07) is 6.82. The maximum absolute atomic E-state index is 13.4. The first-order valence-corrected chi connectivity index (χ1v) is 13.0. The summed E-state index contributed by atoms with van der Waals surface area (Å²) in [4.78, 5) is 27.9. The number of para-hydroxylation sites is 1. The van der Waals surface area contributed by atoms with Gasteiger partial charge in [-0.3, -0.25) is 9.59 Å². The number of hydrogen-bond donors (Lipinski definition) is 3. The van der Waals surface area contributed by atoms with Crippen molar-refractivity contribution < 1.29 is 29.3 Å². The highest BCUT2D eigenvalue weighted by molar-refractivity contribution is 14.1. The van der Waals surface area contributed by atoms with Gasteiger partial charge in [-0.25, -0.2) is 0 Å². The lowest BCUT2D eigenvalue weighted by Crippen LogP contribution is -2.56. The summed E-state index contributed by atoms with van der Waals surface area (Å²) in [5.41, 5.74) is 0.427. The largest absolute Gasteiger partial charge is 0.482 e. The monoisotopic (exact) mass is 586 g/mol. The second kappa shape index (κ2) is 13.4. The molecule has 1 aromatic carbocycles. The van der Waals surface area contributed by atoms with E-state index in [0.717, 1.165) is 29.3 Å². The number of carbonyl (C=O) groups excluding carboxylic acids is 2. The molecule has 2 amide bonds. The molecule has 0 heterocycles. The average Bonchev–Trinajstić information content (AvgIpc) is 3.34. The van der Waals surface area contributed by atoms with Crippen LogP contribution in [0.5, 0.6) is 5.75 Å². The molecular weight excluding hydrogens is 551 g/mol. The predicted octanol–water partition coefficient (Wildman–Crippen LogP) is 2.26. The van der Waals surface area contributed by atoms with Gasteiger partial charge in [-0.1, -0.05) is 25.0 Å². The molecule has 0 radical (unpaired) electrons. The molecule has 1 saturated carbocycles. The summed E-state index contributed by atoms with van der Waals surface area (Å²) in [6.45, 7) is 0.606. The van der Waals surface area contributed by atoms with Gasteiger partial charge in [-0.2, -0.15) is 0 Å². The van der Waals surface area contributed by atoms with Crippen LogP contribution in [-0.4, -0.2) is 78.6 Å². The molecule has 0 bridgehead atoms. The molecule has 3 rings (SSSR count). The standard InChI is InChI=1S/C25H35IN2O6/c1-33-13-11-28(23(30)14-17-6-2-3-7-17)20-15-18(25(32)27-10-12-29)16-22(24(20)31)34-21-9-5-4-8-19(21)26/h4-5,8-9,16-17,20,22,24,29,31H,2-3,6-7,10-15H2,1H3,(H,27,32). The Hall–Kier alpha value is -1.69. The van der Waals surface area contributed by atoms with Crippen LogP contribution < -0.4 is 10.1 Å². The Morgan fingerprint density at radius 2 is 1.97 bits per heavy atom. The van der Waals surface area contributed by atoms with Gasteiger partial charge in [0.1, 0.15) is 18.0 Å². The molecule has 188 valence electrons. The molecule has 2 aliphatic carbocycles. The van der Waals surface area contributed by atoms with Gasteiger partial charge in [-0.05, 0) is 59.6 Å². The van der Waals surface area contributed by atoms with Crippen molar-refractivity contribution in [3.8, 4) is 5.75 Å². The summed E-state index contributed by atoms with van der Waals surface area (Å²) >= 11 is 2.16. The van der Waals surface area contributed by atoms with Gasteiger partial charge in [0.2, 0.25) is 11.8 Å². The number of aliphatic hydroxyl groups excluding tert-OH is 2. The minimum Gasteiger partial charge on any atom is -0.482 e. The van der Waals surface area contributed by atoms with Crippen molar-refractivity contribution >= 4 is 34.4 Å². The summed E-state index contributed by atoms with van der Waals surface area (Å²) in [5.74, 6) is 0.592. The highest BCUT2D eigenvalue weighted by atomic mass is 127. The van der Waals surface area contributed by atoms with E-state index < -0.39 is 18.2 Å². The number of nitrogens with zero attached hydrogens (tertiary/aromatic N) is 1. The maximum Gasteiger partial charge on any atom is 0.247 e. The van der Waals surface area contributed by atoms with Crippen molar-refractivity contribution in [2.24, 2.45) is 5.92 Å². The first-order chi connectivity index (χ1) is 16.4. The van der Waals surface area contributed by atoms with Crippen molar-refractivity contribution in [2.45, 2.75) is 56.8 Å². The van der Waals surface area contributed by atoms with E-state index >= 15 is 0 Å². The van der Waals surface area contributed by atoms with E-state index in [1.165, 1.54) is 0 Å². The average molecular weight is 586 g/mol. The summed E-state index contributed by atoms with van der Waals surface area (Å²) in [7, 11) is 1.58. The van der Waals surface area contributed by atoms with Crippen LogP contribution in [0.4, 0.5) is 0 Å². The van der Waals surface area contributed by atoms with Gasteiger partial charge in [0.05, 0.1) is 22.8 Å². The molecule has 0 aromatic heterocycles. The summed E-state index contributed by atoms with van der Waals surface area (Å²) < 4.78 is 12.3.